The molecule has 0 aliphatic carbocycles. The summed E-state index contributed by atoms with van der Waals surface area (Å²) in [6.07, 6.45) is 0. The molecule has 0 aliphatic rings. The van der Waals surface area contributed by atoms with Crippen molar-refractivity contribution in [1.82, 2.24) is 5.32 Å². The number of Topliss-reactive ketones (excluding diaryl/α,β-unsaturated/α-hetero) is 1. The van der Waals surface area contributed by atoms with Crippen LogP contribution in [-0.4, -0.2) is 17.7 Å². The fourth-order valence-electron chi connectivity index (χ4n) is 1.06. The molecule has 0 spiro atoms. The van der Waals surface area contributed by atoms with Gasteiger partial charge in [0.2, 0.25) is 5.78 Å². The van der Waals surface area contributed by atoms with E-state index in [-0.39, 0.29) is 6.04 Å². The van der Waals surface area contributed by atoms with Gasteiger partial charge in [0.25, 0.3) is 5.91 Å². The van der Waals surface area contributed by atoms with Crippen LogP contribution in [0.2, 0.25) is 5.02 Å². The summed E-state index contributed by atoms with van der Waals surface area (Å²) in [5, 5.41) is 3.07. The molecule has 1 amide bonds. The molecule has 80 valence electrons. The van der Waals surface area contributed by atoms with E-state index in [1.807, 2.05) is 0 Å². The zero-order chi connectivity index (χ0) is 11.4. The van der Waals surface area contributed by atoms with E-state index in [0.29, 0.717) is 10.6 Å². The normalized spacial score (nSPS) is 10.1. The van der Waals surface area contributed by atoms with Gasteiger partial charge in [0.15, 0.2) is 0 Å². The third-order valence-electron chi connectivity index (χ3n) is 1.73. The molecule has 0 radical (unpaired) electrons. The van der Waals surface area contributed by atoms with Gasteiger partial charge in [-0.3, -0.25) is 9.59 Å². The SMILES string of the molecule is CC(C)NC(=O)C(=O)c1ccc(Cl)cc1. The van der Waals surface area contributed by atoms with Crippen molar-refractivity contribution in [1.29, 1.82) is 0 Å². The lowest BCUT2D eigenvalue weighted by Gasteiger charge is -2.06. The first-order valence-electron chi connectivity index (χ1n) is 4.61. The van der Waals surface area contributed by atoms with Crippen LogP contribution in [0, 0.1) is 0 Å². The average Bonchev–Trinajstić information content (AvgIpc) is 2.17. The molecule has 0 atom stereocenters. The van der Waals surface area contributed by atoms with Crippen LogP contribution >= 0.6 is 11.6 Å². The molecule has 0 heterocycles. The Kier molecular flexibility index (Phi) is 3.86. The van der Waals surface area contributed by atoms with Crippen LogP contribution in [0.4, 0.5) is 0 Å². The number of hydrogen-bond donors (Lipinski definition) is 1. The monoisotopic (exact) mass is 225 g/mol. The molecule has 4 heteroatoms. The van der Waals surface area contributed by atoms with Crippen molar-refractivity contribution in [2.24, 2.45) is 0 Å². The minimum atomic E-state index is -0.590. The standard InChI is InChI=1S/C11H12ClNO2/c1-7(2)13-11(15)10(14)8-3-5-9(12)6-4-8/h3-7H,1-2H3,(H,13,15). The Morgan fingerprint density at radius 3 is 2.20 bits per heavy atom. The second-order valence-electron chi connectivity index (χ2n) is 3.46. The molecule has 3 nitrogen and oxygen atoms in total. The maximum absolute atomic E-state index is 11.5. The second-order valence-corrected chi connectivity index (χ2v) is 3.90. The molecule has 0 saturated heterocycles. The van der Waals surface area contributed by atoms with Gasteiger partial charge in [0.1, 0.15) is 0 Å². The molecule has 0 saturated carbocycles. The van der Waals surface area contributed by atoms with Crippen LogP contribution in [0.1, 0.15) is 24.2 Å². The van der Waals surface area contributed by atoms with E-state index >= 15 is 0 Å². The molecule has 1 aromatic rings. The maximum atomic E-state index is 11.5. The molecule has 1 N–H and O–H groups in total. The number of amides is 1. The summed E-state index contributed by atoms with van der Waals surface area (Å²) in [4.78, 5) is 22.9. The van der Waals surface area contributed by atoms with Gasteiger partial charge >= 0.3 is 0 Å². The van der Waals surface area contributed by atoms with E-state index in [9.17, 15) is 9.59 Å². The topological polar surface area (TPSA) is 46.2 Å². The molecule has 0 unspecified atom stereocenters. The highest BCUT2D eigenvalue weighted by Gasteiger charge is 2.16. The summed E-state index contributed by atoms with van der Waals surface area (Å²) in [7, 11) is 0. The fourth-order valence-corrected chi connectivity index (χ4v) is 1.19. The number of ketones is 1. The van der Waals surface area contributed by atoms with Crippen molar-refractivity contribution >= 4 is 23.3 Å². The number of nitrogens with one attached hydrogen (secondary N) is 1. The largest absolute Gasteiger partial charge is 0.347 e. The number of carbonyl (C=O) groups is 2. The zero-order valence-electron chi connectivity index (χ0n) is 8.58. The number of halogens is 1. The minimum Gasteiger partial charge on any atom is -0.347 e. The molecule has 0 bridgehead atoms. The molecule has 0 fully saturated rings. The van der Waals surface area contributed by atoms with Crippen LogP contribution in [-0.2, 0) is 4.79 Å². The van der Waals surface area contributed by atoms with Crippen LogP contribution in [0.25, 0.3) is 0 Å². The highest BCUT2D eigenvalue weighted by molar-refractivity contribution is 6.43. The van der Waals surface area contributed by atoms with E-state index in [1.54, 1.807) is 26.0 Å². The Bertz CT molecular complexity index is 371. The molecule has 1 rings (SSSR count). The zero-order valence-corrected chi connectivity index (χ0v) is 9.34. The Morgan fingerprint density at radius 2 is 1.73 bits per heavy atom. The van der Waals surface area contributed by atoms with Crippen molar-refractivity contribution in [2.45, 2.75) is 19.9 Å². The first kappa shape index (κ1) is 11.7. The van der Waals surface area contributed by atoms with Gasteiger partial charge in [-0.25, -0.2) is 0 Å². The lowest BCUT2D eigenvalue weighted by molar-refractivity contribution is -0.117. The predicted octanol–water partition coefficient (Wildman–Crippen LogP) is 2.05. The van der Waals surface area contributed by atoms with Crippen molar-refractivity contribution in [2.75, 3.05) is 0 Å². The quantitative estimate of drug-likeness (QED) is 0.632. The predicted molar refractivity (Wildman–Crippen MR) is 59.1 cm³/mol. The lowest BCUT2D eigenvalue weighted by Crippen LogP contribution is -2.35. The number of hydrogen-bond acceptors (Lipinski definition) is 2. The number of carbonyl (C=O) groups excluding carboxylic acids is 2. The Balaban J connectivity index is 2.76. The molecular weight excluding hydrogens is 214 g/mol. The second kappa shape index (κ2) is 4.94. The first-order chi connectivity index (χ1) is 7.00. The number of rotatable bonds is 3. The smallest absolute Gasteiger partial charge is 0.292 e. The van der Waals surface area contributed by atoms with Gasteiger partial charge in [0, 0.05) is 16.6 Å². The van der Waals surface area contributed by atoms with Crippen LogP contribution in [0.15, 0.2) is 24.3 Å². The first-order valence-corrected chi connectivity index (χ1v) is 4.99. The minimum absolute atomic E-state index is 0.0475. The summed E-state index contributed by atoms with van der Waals surface area (Å²) in [6, 6.07) is 6.18. The van der Waals surface area contributed by atoms with Gasteiger partial charge in [-0.2, -0.15) is 0 Å². The van der Waals surface area contributed by atoms with Gasteiger partial charge < -0.3 is 5.32 Å². The molecule has 0 aromatic heterocycles. The highest BCUT2D eigenvalue weighted by atomic mass is 35.5. The molecular formula is C11H12ClNO2. The third-order valence-corrected chi connectivity index (χ3v) is 1.98. The van der Waals surface area contributed by atoms with E-state index in [1.165, 1.54) is 12.1 Å². The van der Waals surface area contributed by atoms with E-state index in [2.05, 4.69) is 5.32 Å². The average molecular weight is 226 g/mol. The van der Waals surface area contributed by atoms with E-state index in [4.69, 9.17) is 11.6 Å². The van der Waals surface area contributed by atoms with Crippen molar-refractivity contribution in [3.8, 4) is 0 Å². The van der Waals surface area contributed by atoms with Crippen molar-refractivity contribution in [3.05, 3.63) is 34.9 Å². The Labute approximate surface area is 93.4 Å². The summed E-state index contributed by atoms with van der Waals surface area (Å²) in [5.41, 5.74) is 0.345. The van der Waals surface area contributed by atoms with Crippen molar-refractivity contribution in [3.63, 3.8) is 0 Å². The summed E-state index contributed by atoms with van der Waals surface area (Å²) >= 11 is 5.67. The highest BCUT2D eigenvalue weighted by Crippen LogP contribution is 2.09. The van der Waals surface area contributed by atoms with Crippen LogP contribution < -0.4 is 5.32 Å². The lowest BCUT2D eigenvalue weighted by atomic mass is 10.1. The Morgan fingerprint density at radius 1 is 1.20 bits per heavy atom. The summed E-state index contributed by atoms with van der Waals surface area (Å²) in [6.45, 7) is 3.60. The van der Waals surface area contributed by atoms with Gasteiger partial charge in [-0.1, -0.05) is 11.6 Å². The van der Waals surface area contributed by atoms with Crippen molar-refractivity contribution < 1.29 is 9.59 Å². The van der Waals surface area contributed by atoms with Crippen LogP contribution in [0.5, 0.6) is 0 Å². The van der Waals surface area contributed by atoms with Gasteiger partial charge in [-0.05, 0) is 38.1 Å². The Hall–Kier alpha value is -1.35. The third kappa shape index (κ3) is 3.36. The molecule has 1 aromatic carbocycles. The van der Waals surface area contributed by atoms with Gasteiger partial charge in [-0.15, -0.1) is 0 Å². The summed E-state index contributed by atoms with van der Waals surface area (Å²) < 4.78 is 0. The summed E-state index contributed by atoms with van der Waals surface area (Å²) in [5.74, 6) is -1.13. The molecule has 15 heavy (non-hydrogen) atoms. The molecule has 0 aliphatic heterocycles. The van der Waals surface area contributed by atoms with Gasteiger partial charge in [0.05, 0.1) is 0 Å². The maximum Gasteiger partial charge on any atom is 0.292 e. The van der Waals surface area contributed by atoms with E-state index in [0.717, 1.165) is 0 Å². The van der Waals surface area contributed by atoms with Crippen LogP contribution in [0.3, 0.4) is 0 Å². The van der Waals surface area contributed by atoms with E-state index < -0.39 is 11.7 Å². The number of benzene rings is 1. The fraction of sp³-hybridized carbons (Fsp3) is 0.273.